The second-order valence-corrected chi connectivity index (χ2v) is 6.09. The number of carbonyl (C=O) groups excluding carboxylic acids is 1. The molecule has 0 aromatic carbocycles. The Morgan fingerprint density at radius 1 is 1.19 bits per heavy atom. The van der Waals surface area contributed by atoms with E-state index in [2.05, 4.69) is 0 Å². The maximum atomic E-state index is 12.1. The molecule has 0 radical (unpaired) electrons. The van der Waals surface area contributed by atoms with Crippen molar-refractivity contribution in [2.75, 3.05) is 6.61 Å². The Hall–Kier alpha value is -0.610. The van der Waals surface area contributed by atoms with Gasteiger partial charge in [0, 0.05) is 13.3 Å². The molecule has 92 valence electrons. The molecule has 2 fully saturated rings. The normalized spacial score (nSPS) is 41.1. The van der Waals surface area contributed by atoms with Crippen molar-refractivity contribution < 1.29 is 19.0 Å². The smallest absolute Gasteiger partial charge is 0.314 e. The largest absolute Gasteiger partial charge is 0.430 e. The van der Waals surface area contributed by atoms with Gasteiger partial charge in [-0.15, -0.1) is 0 Å². The summed E-state index contributed by atoms with van der Waals surface area (Å²) in [6.07, 6.45) is 0.428. The van der Waals surface area contributed by atoms with Crippen LogP contribution in [0.2, 0.25) is 0 Å². The Morgan fingerprint density at radius 3 is 2.44 bits per heavy atom. The quantitative estimate of drug-likeness (QED) is 0.595. The summed E-state index contributed by atoms with van der Waals surface area (Å²) in [4.78, 5) is 12.1. The van der Waals surface area contributed by atoms with E-state index in [1.54, 1.807) is 6.92 Å². The molecule has 0 N–H and O–H groups in total. The molecule has 0 amide bonds. The highest BCUT2D eigenvalue weighted by atomic mass is 16.8. The van der Waals surface area contributed by atoms with Crippen LogP contribution in [-0.4, -0.2) is 24.7 Å². The number of hydrogen-bond acceptors (Lipinski definition) is 4. The van der Waals surface area contributed by atoms with Gasteiger partial charge in [0.05, 0.1) is 5.41 Å². The third-order valence-electron chi connectivity index (χ3n) is 4.10. The van der Waals surface area contributed by atoms with E-state index >= 15 is 0 Å². The first kappa shape index (κ1) is 11.9. The Labute approximate surface area is 96.2 Å². The number of fused-ring (bicyclic) bond motifs is 2. The zero-order valence-electron chi connectivity index (χ0n) is 10.6. The summed E-state index contributed by atoms with van der Waals surface area (Å²) in [5, 5.41) is 0. The highest BCUT2D eigenvalue weighted by Crippen LogP contribution is 2.48. The third kappa shape index (κ3) is 1.64. The van der Waals surface area contributed by atoms with Crippen molar-refractivity contribution in [2.24, 2.45) is 10.8 Å². The number of carbonyl (C=O) groups is 1. The molecule has 16 heavy (non-hydrogen) atoms. The molecule has 2 bridgehead atoms. The zero-order chi connectivity index (χ0) is 12.2. The summed E-state index contributed by atoms with van der Waals surface area (Å²) in [6, 6.07) is 0. The van der Waals surface area contributed by atoms with Gasteiger partial charge >= 0.3 is 5.97 Å². The molecule has 2 aliphatic heterocycles. The van der Waals surface area contributed by atoms with Crippen LogP contribution in [0.5, 0.6) is 0 Å². The molecular formula is C12H20O4. The fourth-order valence-corrected chi connectivity index (χ4v) is 2.02. The zero-order valence-corrected chi connectivity index (χ0v) is 10.6. The lowest BCUT2D eigenvalue weighted by Gasteiger charge is -2.43. The summed E-state index contributed by atoms with van der Waals surface area (Å²) in [6.45, 7) is 9.99. The molecule has 0 saturated carbocycles. The molecule has 2 rings (SSSR count). The van der Waals surface area contributed by atoms with Crippen LogP contribution in [0.3, 0.4) is 0 Å². The van der Waals surface area contributed by atoms with Crippen molar-refractivity contribution in [2.45, 2.75) is 53.1 Å². The highest BCUT2D eigenvalue weighted by Gasteiger charge is 2.54. The van der Waals surface area contributed by atoms with E-state index in [4.69, 9.17) is 14.2 Å². The molecule has 0 aliphatic carbocycles. The molecule has 2 unspecified atom stereocenters. The molecule has 4 nitrogen and oxygen atoms in total. The lowest BCUT2D eigenvalue weighted by atomic mass is 9.66. The van der Waals surface area contributed by atoms with Crippen LogP contribution in [0, 0.1) is 10.8 Å². The second kappa shape index (κ2) is 3.20. The topological polar surface area (TPSA) is 44.8 Å². The minimum atomic E-state index is -0.907. The minimum absolute atomic E-state index is 0.219. The summed E-state index contributed by atoms with van der Waals surface area (Å²) in [5.74, 6) is -1.13. The van der Waals surface area contributed by atoms with Gasteiger partial charge in [0.25, 0.3) is 0 Å². The average Bonchev–Trinajstić information content (AvgIpc) is 2.45. The number of rotatable bonds is 0. The van der Waals surface area contributed by atoms with Crippen LogP contribution < -0.4 is 0 Å². The Balaban J connectivity index is 2.35. The summed E-state index contributed by atoms with van der Waals surface area (Å²) in [5.41, 5.74) is -0.760. The summed E-state index contributed by atoms with van der Waals surface area (Å²) >= 11 is 0. The van der Waals surface area contributed by atoms with Crippen LogP contribution in [0.1, 0.15) is 41.0 Å². The van der Waals surface area contributed by atoms with Gasteiger partial charge in [-0.25, -0.2) is 0 Å². The molecule has 2 heterocycles. The van der Waals surface area contributed by atoms with Crippen molar-refractivity contribution >= 4 is 5.97 Å². The standard InChI is InChI=1S/C12H20O4/c1-10(2)6-8-14-7-12(5,15-8)16-9(13)11(10,3)4/h8H,6-7H2,1-5H3. The molecule has 2 atom stereocenters. The lowest BCUT2D eigenvalue weighted by molar-refractivity contribution is -0.244. The third-order valence-corrected chi connectivity index (χ3v) is 4.10. The van der Waals surface area contributed by atoms with Gasteiger partial charge in [-0.05, 0) is 19.3 Å². The summed E-state index contributed by atoms with van der Waals surface area (Å²) in [7, 11) is 0. The van der Waals surface area contributed by atoms with Crippen LogP contribution in [-0.2, 0) is 19.0 Å². The van der Waals surface area contributed by atoms with Crippen LogP contribution in [0.15, 0.2) is 0 Å². The average molecular weight is 228 g/mol. The van der Waals surface area contributed by atoms with Gasteiger partial charge in [-0.3, -0.25) is 4.79 Å². The van der Waals surface area contributed by atoms with Crippen molar-refractivity contribution in [3.05, 3.63) is 0 Å². The first-order valence-electron chi connectivity index (χ1n) is 5.69. The van der Waals surface area contributed by atoms with E-state index < -0.39 is 11.2 Å². The van der Waals surface area contributed by atoms with Crippen molar-refractivity contribution in [3.63, 3.8) is 0 Å². The van der Waals surface area contributed by atoms with Gasteiger partial charge in [-0.2, -0.15) is 0 Å². The molecular weight excluding hydrogens is 208 g/mol. The first-order valence-corrected chi connectivity index (χ1v) is 5.69. The van der Waals surface area contributed by atoms with Crippen LogP contribution in [0.4, 0.5) is 0 Å². The van der Waals surface area contributed by atoms with Gasteiger partial charge in [0.15, 0.2) is 6.29 Å². The monoisotopic (exact) mass is 228 g/mol. The predicted octanol–water partition coefficient (Wildman–Crippen LogP) is 2.07. The Kier molecular flexibility index (Phi) is 2.37. The fourth-order valence-electron chi connectivity index (χ4n) is 2.02. The van der Waals surface area contributed by atoms with E-state index in [0.29, 0.717) is 13.0 Å². The van der Waals surface area contributed by atoms with Crippen LogP contribution >= 0.6 is 0 Å². The van der Waals surface area contributed by atoms with Gasteiger partial charge in [0.1, 0.15) is 6.61 Å². The van der Waals surface area contributed by atoms with Crippen molar-refractivity contribution in [1.82, 2.24) is 0 Å². The lowest BCUT2D eigenvalue weighted by Crippen LogP contribution is -2.49. The molecule has 2 saturated heterocycles. The van der Waals surface area contributed by atoms with Gasteiger partial charge in [-0.1, -0.05) is 13.8 Å². The highest BCUT2D eigenvalue weighted by molar-refractivity contribution is 5.77. The van der Waals surface area contributed by atoms with Crippen LogP contribution in [0.25, 0.3) is 0 Å². The van der Waals surface area contributed by atoms with Gasteiger partial charge < -0.3 is 14.2 Å². The van der Waals surface area contributed by atoms with E-state index in [1.807, 2.05) is 27.7 Å². The molecule has 4 heteroatoms. The van der Waals surface area contributed by atoms with E-state index in [0.717, 1.165) is 0 Å². The maximum Gasteiger partial charge on any atom is 0.314 e. The number of ether oxygens (including phenoxy) is 3. The van der Waals surface area contributed by atoms with E-state index in [1.165, 1.54) is 0 Å². The SMILES string of the molecule is CC12COC(CC(C)(C)C(C)(C)C(=O)O1)O2. The van der Waals surface area contributed by atoms with Crippen molar-refractivity contribution in [1.29, 1.82) is 0 Å². The molecule has 2 aliphatic rings. The Morgan fingerprint density at radius 2 is 1.81 bits per heavy atom. The predicted molar refractivity (Wildman–Crippen MR) is 57.5 cm³/mol. The van der Waals surface area contributed by atoms with E-state index in [-0.39, 0.29) is 17.7 Å². The fraction of sp³-hybridized carbons (Fsp3) is 0.917. The maximum absolute atomic E-state index is 12.1. The van der Waals surface area contributed by atoms with Gasteiger partial charge in [0.2, 0.25) is 5.79 Å². The molecule has 0 spiro atoms. The molecule has 0 aromatic heterocycles. The Bertz CT molecular complexity index is 321. The molecule has 0 aromatic rings. The first-order chi connectivity index (χ1) is 7.16. The second-order valence-electron chi connectivity index (χ2n) is 6.09. The van der Waals surface area contributed by atoms with E-state index in [9.17, 15) is 4.79 Å². The number of esters is 1. The van der Waals surface area contributed by atoms with Crippen molar-refractivity contribution in [3.8, 4) is 0 Å². The minimum Gasteiger partial charge on any atom is -0.430 e. The number of hydrogen-bond donors (Lipinski definition) is 0. The summed E-state index contributed by atoms with van der Waals surface area (Å²) < 4.78 is 16.6.